The highest BCUT2D eigenvalue weighted by Crippen LogP contribution is 2.44. The maximum Gasteiger partial charge on any atom is 0.407 e. The van der Waals surface area contributed by atoms with Crippen LogP contribution < -0.4 is 10.6 Å². The Kier molecular flexibility index (Phi) is 6.26. The van der Waals surface area contributed by atoms with Gasteiger partial charge in [0.2, 0.25) is 5.91 Å². The van der Waals surface area contributed by atoms with Crippen LogP contribution in [0.1, 0.15) is 49.1 Å². The Balaban J connectivity index is 1.05. The number of hydrogen-bond acceptors (Lipinski definition) is 4. The Hall–Kier alpha value is -3.35. The first-order valence-corrected chi connectivity index (χ1v) is 12.1. The number of amides is 2. The van der Waals surface area contributed by atoms with Gasteiger partial charge in [-0.1, -0.05) is 48.5 Å². The van der Waals surface area contributed by atoms with E-state index in [0.717, 1.165) is 25.7 Å². The second kappa shape index (κ2) is 9.49. The smallest absolute Gasteiger partial charge is 0.407 e. The van der Waals surface area contributed by atoms with Crippen LogP contribution in [0.2, 0.25) is 0 Å². The summed E-state index contributed by atoms with van der Waals surface area (Å²) in [6, 6.07) is 16.5. The van der Waals surface area contributed by atoms with Gasteiger partial charge in [-0.15, -0.1) is 0 Å². The number of benzene rings is 2. The quantitative estimate of drug-likeness (QED) is 0.552. The number of carbonyl (C=O) groups excluding carboxylic acids is 2. The van der Waals surface area contributed by atoms with Crippen LogP contribution in [-0.4, -0.2) is 42.3 Å². The molecule has 0 spiro atoms. The van der Waals surface area contributed by atoms with E-state index < -0.39 is 12.1 Å². The maximum atomic E-state index is 12.5. The lowest BCUT2D eigenvalue weighted by atomic mass is 9.98. The van der Waals surface area contributed by atoms with Crippen LogP contribution in [0.25, 0.3) is 11.1 Å². The second-order valence-corrected chi connectivity index (χ2v) is 9.79. The number of nitrogens with one attached hydrogen (secondary N) is 2. The molecule has 2 aromatic carbocycles. The van der Waals surface area contributed by atoms with Gasteiger partial charge in [-0.2, -0.15) is 0 Å². The van der Waals surface area contributed by atoms with E-state index in [0.29, 0.717) is 6.54 Å². The fourth-order valence-electron chi connectivity index (χ4n) is 5.60. The van der Waals surface area contributed by atoms with Gasteiger partial charge in [-0.25, -0.2) is 4.79 Å². The number of carboxylic acids is 1. The molecule has 2 aromatic rings. The Labute approximate surface area is 198 Å². The molecule has 0 aromatic heterocycles. The predicted octanol–water partition coefficient (Wildman–Crippen LogP) is 3.92. The molecule has 3 aliphatic carbocycles. The van der Waals surface area contributed by atoms with Crippen molar-refractivity contribution in [2.75, 3.05) is 13.2 Å². The van der Waals surface area contributed by atoms with Gasteiger partial charge in [0.25, 0.3) is 0 Å². The lowest BCUT2D eigenvalue weighted by Gasteiger charge is -2.15. The van der Waals surface area contributed by atoms with E-state index in [9.17, 15) is 14.4 Å². The number of hydrogen-bond donors (Lipinski definition) is 3. The van der Waals surface area contributed by atoms with Crippen molar-refractivity contribution < 1.29 is 24.2 Å². The average molecular weight is 463 g/mol. The van der Waals surface area contributed by atoms with Crippen LogP contribution >= 0.6 is 0 Å². The zero-order valence-corrected chi connectivity index (χ0v) is 19.0. The number of alkyl carbamates (subject to hydrolysis) is 1. The third-order valence-electron chi connectivity index (χ3n) is 7.46. The molecule has 2 saturated carbocycles. The minimum atomic E-state index is -0.779. The molecule has 3 aliphatic rings. The van der Waals surface area contributed by atoms with Gasteiger partial charge in [0, 0.05) is 30.8 Å². The Morgan fingerprint density at radius 3 is 2.29 bits per heavy atom. The van der Waals surface area contributed by atoms with Crippen molar-refractivity contribution in [1.29, 1.82) is 0 Å². The first-order valence-electron chi connectivity index (χ1n) is 12.1. The number of carbonyl (C=O) groups is 3. The summed E-state index contributed by atoms with van der Waals surface area (Å²) < 4.78 is 5.57. The molecule has 7 nitrogen and oxygen atoms in total. The first-order chi connectivity index (χ1) is 16.5. The van der Waals surface area contributed by atoms with Gasteiger partial charge < -0.3 is 20.5 Å². The van der Waals surface area contributed by atoms with E-state index in [1.54, 1.807) is 0 Å². The van der Waals surface area contributed by atoms with E-state index in [4.69, 9.17) is 9.84 Å². The molecule has 7 heteroatoms. The molecule has 34 heavy (non-hydrogen) atoms. The summed E-state index contributed by atoms with van der Waals surface area (Å²) in [5.74, 6) is -0.565. The highest BCUT2D eigenvalue weighted by molar-refractivity contribution is 5.82. The number of aliphatic carboxylic acids is 1. The third kappa shape index (κ3) is 4.79. The molecule has 0 heterocycles. The largest absolute Gasteiger partial charge is 0.481 e. The summed E-state index contributed by atoms with van der Waals surface area (Å²) in [6.07, 6.45) is 2.87. The predicted molar refractivity (Wildman–Crippen MR) is 126 cm³/mol. The standard InChI is InChI=1S/C27H30N2O5/c30-25(31)12-16-9-10-18(11-16)29-26(32)23-13-17(23)14-28-27(33)34-15-24-21-7-3-1-5-19(21)20-6-2-4-8-22(20)24/h1-8,16-18,23-24H,9-15H2,(H,28,33)(H,29,32)(H,30,31)/t16-,17?,18+,23?/m0/s1. The van der Waals surface area contributed by atoms with E-state index in [1.807, 2.05) is 24.3 Å². The average Bonchev–Trinajstić information content (AvgIpc) is 3.38. The molecule has 178 valence electrons. The summed E-state index contributed by atoms with van der Waals surface area (Å²) >= 11 is 0. The summed E-state index contributed by atoms with van der Waals surface area (Å²) in [7, 11) is 0. The zero-order valence-electron chi connectivity index (χ0n) is 19.0. The van der Waals surface area contributed by atoms with E-state index in [-0.39, 0.29) is 48.6 Å². The Morgan fingerprint density at radius 2 is 1.62 bits per heavy atom. The van der Waals surface area contributed by atoms with Crippen molar-refractivity contribution in [1.82, 2.24) is 10.6 Å². The van der Waals surface area contributed by atoms with Crippen LogP contribution in [0, 0.1) is 17.8 Å². The summed E-state index contributed by atoms with van der Waals surface area (Å²) in [6.45, 7) is 0.689. The molecule has 0 radical (unpaired) electrons. The van der Waals surface area contributed by atoms with Gasteiger partial charge >= 0.3 is 12.1 Å². The number of ether oxygens (including phenoxy) is 1. The lowest BCUT2D eigenvalue weighted by Crippen LogP contribution is -2.35. The highest BCUT2D eigenvalue weighted by atomic mass is 16.5. The van der Waals surface area contributed by atoms with Gasteiger partial charge in [-0.3, -0.25) is 9.59 Å². The lowest BCUT2D eigenvalue weighted by molar-refractivity contribution is -0.138. The molecule has 2 amide bonds. The summed E-state index contributed by atoms with van der Waals surface area (Å²) in [5.41, 5.74) is 4.73. The second-order valence-electron chi connectivity index (χ2n) is 9.79. The van der Waals surface area contributed by atoms with Crippen molar-refractivity contribution >= 4 is 18.0 Å². The zero-order chi connectivity index (χ0) is 23.7. The fourth-order valence-corrected chi connectivity index (χ4v) is 5.60. The monoisotopic (exact) mass is 462 g/mol. The van der Waals surface area contributed by atoms with Crippen molar-refractivity contribution in [2.45, 2.75) is 44.1 Å². The Morgan fingerprint density at radius 1 is 0.941 bits per heavy atom. The molecular formula is C27H30N2O5. The van der Waals surface area contributed by atoms with Crippen molar-refractivity contribution in [3.63, 3.8) is 0 Å². The molecular weight excluding hydrogens is 432 g/mol. The van der Waals surface area contributed by atoms with Crippen molar-refractivity contribution in [2.24, 2.45) is 17.8 Å². The van der Waals surface area contributed by atoms with Crippen LogP contribution in [0.4, 0.5) is 4.79 Å². The van der Waals surface area contributed by atoms with E-state index >= 15 is 0 Å². The number of rotatable bonds is 8. The van der Waals surface area contributed by atoms with Gasteiger partial charge in [0.15, 0.2) is 0 Å². The van der Waals surface area contributed by atoms with Crippen LogP contribution in [0.3, 0.4) is 0 Å². The first kappa shape index (κ1) is 22.4. The summed E-state index contributed by atoms with van der Waals surface area (Å²) in [5, 5.41) is 14.8. The van der Waals surface area contributed by atoms with Crippen molar-refractivity contribution in [3.8, 4) is 11.1 Å². The Bertz CT molecular complexity index is 1050. The van der Waals surface area contributed by atoms with Crippen molar-refractivity contribution in [3.05, 3.63) is 59.7 Å². The molecule has 3 N–H and O–H groups in total. The molecule has 0 bridgehead atoms. The molecule has 0 aliphatic heterocycles. The molecule has 0 saturated heterocycles. The van der Waals surface area contributed by atoms with Gasteiger partial charge in [0.05, 0.1) is 0 Å². The van der Waals surface area contributed by atoms with Crippen LogP contribution in [0.5, 0.6) is 0 Å². The SMILES string of the molecule is O=C(O)C[C@H]1CC[C@@H](NC(=O)C2CC2CNC(=O)OCC2c3ccccc3-c3ccccc32)C1. The molecule has 2 unspecified atom stereocenters. The normalized spacial score (nSPS) is 24.7. The number of carboxylic acid groups (broad SMARTS) is 1. The summed E-state index contributed by atoms with van der Waals surface area (Å²) in [4.78, 5) is 35.7. The van der Waals surface area contributed by atoms with E-state index in [2.05, 4.69) is 34.9 Å². The van der Waals surface area contributed by atoms with Gasteiger partial charge in [0.1, 0.15) is 6.61 Å². The molecule has 2 fully saturated rings. The third-order valence-corrected chi connectivity index (χ3v) is 7.46. The maximum absolute atomic E-state index is 12.5. The fraction of sp³-hybridized carbons (Fsp3) is 0.444. The number of fused-ring (bicyclic) bond motifs is 3. The minimum Gasteiger partial charge on any atom is -0.481 e. The van der Waals surface area contributed by atoms with Crippen LogP contribution in [-0.2, 0) is 14.3 Å². The molecule has 4 atom stereocenters. The van der Waals surface area contributed by atoms with E-state index in [1.165, 1.54) is 22.3 Å². The van der Waals surface area contributed by atoms with Crippen LogP contribution in [0.15, 0.2) is 48.5 Å². The molecule has 5 rings (SSSR count). The highest BCUT2D eigenvalue weighted by Gasteiger charge is 2.44. The minimum absolute atomic E-state index is 0.0142. The topological polar surface area (TPSA) is 105 Å². The van der Waals surface area contributed by atoms with Gasteiger partial charge in [-0.05, 0) is 59.8 Å².